The molecule has 0 saturated heterocycles. The van der Waals surface area contributed by atoms with E-state index in [0.717, 1.165) is 44.0 Å². The molecule has 0 aromatic heterocycles. The van der Waals surface area contributed by atoms with Crippen LogP contribution in [0.3, 0.4) is 0 Å². The van der Waals surface area contributed by atoms with E-state index in [1.807, 2.05) is 19.1 Å². The van der Waals surface area contributed by atoms with Gasteiger partial charge in [0.2, 0.25) is 5.91 Å². The summed E-state index contributed by atoms with van der Waals surface area (Å²) in [4.78, 5) is 24.8. The van der Waals surface area contributed by atoms with Crippen LogP contribution in [0.25, 0.3) is 0 Å². The summed E-state index contributed by atoms with van der Waals surface area (Å²) in [5, 5.41) is 14.5. The number of aliphatic hydroxyl groups excluding tert-OH is 1. The molecule has 4 saturated carbocycles. The molecule has 4 heteroatoms. The van der Waals surface area contributed by atoms with E-state index in [4.69, 9.17) is 0 Å². The van der Waals surface area contributed by atoms with Gasteiger partial charge in [0, 0.05) is 12.5 Å². The molecule has 2 N–H and O–H groups in total. The third kappa shape index (κ3) is 8.34. The molecule has 1 amide bonds. The SMILES string of the molecule is C\C=C/C(=C\C=C\C=O)C/C(C)=C/C(=C\C)CCNC(=O)C1CCCCCCC2C1CCC1C2(C)CCC2C(C)(C)C(O)CCC21C. The number of amides is 1. The molecule has 0 radical (unpaired) electrons. The average molecular weight is 646 g/mol. The fourth-order valence-electron chi connectivity index (χ4n) is 11.4. The smallest absolute Gasteiger partial charge is 0.223 e. The molecule has 0 aliphatic heterocycles. The van der Waals surface area contributed by atoms with Crippen LogP contribution in [0.4, 0.5) is 0 Å². The van der Waals surface area contributed by atoms with Crippen molar-refractivity contribution in [2.45, 2.75) is 144 Å². The first kappa shape index (κ1) is 37.6. The summed E-state index contributed by atoms with van der Waals surface area (Å²) in [7, 11) is 0. The number of aliphatic hydroxyl groups is 1. The van der Waals surface area contributed by atoms with E-state index in [0.29, 0.717) is 36.1 Å². The van der Waals surface area contributed by atoms with Crippen molar-refractivity contribution in [1.29, 1.82) is 0 Å². The number of carbonyl (C=O) groups excluding carboxylic acids is 2. The summed E-state index contributed by atoms with van der Waals surface area (Å²) < 4.78 is 0. The van der Waals surface area contributed by atoms with E-state index in [1.165, 1.54) is 75.0 Å². The maximum absolute atomic E-state index is 14.1. The van der Waals surface area contributed by atoms with E-state index >= 15 is 0 Å². The number of hydrogen-bond acceptors (Lipinski definition) is 3. The number of allylic oxidation sites excluding steroid dienone is 9. The minimum Gasteiger partial charge on any atom is -0.393 e. The van der Waals surface area contributed by atoms with Crippen molar-refractivity contribution in [3.8, 4) is 0 Å². The van der Waals surface area contributed by atoms with Gasteiger partial charge >= 0.3 is 0 Å². The molecule has 0 aromatic rings. The lowest BCUT2D eigenvalue weighted by molar-refractivity contribution is -0.205. The minimum absolute atomic E-state index is 0.0223. The Kier molecular flexibility index (Phi) is 13.2. The maximum atomic E-state index is 14.1. The van der Waals surface area contributed by atoms with Crippen molar-refractivity contribution in [3.05, 3.63) is 59.3 Å². The van der Waals surface area contributed by atoms with Gasteiger partial charge < -0.3 is 10.4 Å². The largest absolute Gasteiger partial charge is 0.393 e. The second-order valence-corrected chi connectivity index (χ2v) is 16.8. The zero-order chi connectivity index (χ0) is 34.2. The van der Waals surface area contributed by atoms with Crippen molar-refractivity contribution in [2.24, 2.45) is 45.8 Å². The summed E-state index contributed by atoms with van der Waals surface area (Å²) >= 11 is 0. The first-order chi connectivity index (χ1) is 22.4. The van der Waals surface area contributed by atoms with Crippen LogP contribution >= 0.6 is 0 Å². The summed E-state index contributed by atoms with van der Waals surface area (Å²) in [6.45, 7) is 16.8. The standard InChI is InChI=1S/C43H67NO3/c1-8-16-33(17-14-15-28-45)30-31(3)29-32(9-2)24-27-44-40(47)35-18-12-10-11-13-19-36-34(35)20-21-38-42(36,6)25-22-37-41(4,5)39(46)23-26-43(37,38)7/h8-9,14-17,28-29,34-39,46H,10-13,18-27,30H2,1-7H3,(H,44,47)/b15-14+,16-8-,31-29+,32-9-,33-17+. The molecule has 0 heterocycles. The molecule has 4 aliphatic carbocycles. The number of carbonyl (C=O) groups is 2. The predicted octanol–water partition coefficient (Wildman–Crippen LogP) is 10.2. The molecular weight excluding hydrogens is 578 g/mol. The van der Waals surface area contributed by atoms with Crippen LogP contribution in [0.1, 0.15) is 138 Å². The molecular formula is C43H67NO3. The molecule has 4 aliphatic rings. The number of aldehydes is 1. The van der Waals surface area contributed by atoms with Gasteiger partial charge in [0.05, 0.1) is 6.10 Å². The van der Waals surface area contributed by atoms with Crippen molar-refractivity contribution in [3.63, 3.8) is 0 Å². The molecule has 262 valence electrons. The Morgan fingerprint density at radius 3 is 2.28 bits per heavy atom. The third-order valence-corrected chi connectivity index (χ3v) is 13.7. The topological polar surface area (TPSA) is 66.4 Å². The van der Waals surface area contributed by atoms with Crippen molar-refractivity contribution >= 4 is 12.2 Å². The fourth-order valence-corrected chi connectivity index (χ4v) is 11.4. The lowest BCUT2D eigenvalue weighted by Gasteiger charge is -2.67. The molecule has 4 rings (SSSR count). The zero-order valence-corrected chi connectivity index (χ0v) is 31.0. The summed E-state index contributed by atoms with van der Waals surface area (Å²) in [5.41, 5.74) is 4.20. The van der Waals surface area contributed by atoms with Gasteiger partial charge in [-0.15, -0.1) is 0 Å². The molecule has 0 bridgehead atoms. The molecule has 4 fully saturated rings. The fraction of sp³-hybridized carbons (Fsp3) is 0.721. The zero-order valence-electron chi connectivity index (χ0n) is 31.0. The van der Waals surface area contributed by atoms with Crippen LogP contribution in [0.5, 0.6) is 0 Å². The molecule has 47 heavy (non-hydrogen) atoms. The van der Waals surface area contributed by atoms with Gasteiger partial charge in [-0.25, -0.2) is 0 Å². The van der Waals surface area contributed by atoms with Crippen molar-refractivity contribution in [1.82, 2.24) is 5.32 Å². The van der Waals surface area contributed by atoms with E-state index in [1.54, 1.807) is 6.08 Å². The maximum Gasteiger partial charge on any atom is 0.223 e. The average Bonchev–Trinajstić information content (AvgIpc) is 3.13. The number of nitrogens with one attached hydrogen (secondary N) is 1. The number of fused-ring (bicyclic) bond motifs is 5. The highest BCUT2D eigenvalue weighted by atomic mass is 16.3. The van der Waals surface area contributed by atoms with Crippen LogP contribution in [0.15, 0.2) is 59.3 Å². The van der Waals surface area contributed by atoms with Gasteiger partial charge in [-0.2, -0.15) is 0 Å². The molecule has 8 atom stereocenters. The Balaban J connectivity index is 1.45. The van der Waals surface area contributed by atoms with Gasteiger partial charge in [-0.05, 0) is 137 Å². The molecule has 8 unspecified atom stereocenters. The number of rotatable bonds is 10. The Morgan fingerprint density at radius 1 is 0.851 bits per heavy atom. The molecule has 0 aromatic carbocycles. The van der Waals surface area contributed by atoms with Crippen molar-refractivity contribution in [2.75, 3.05) is 6.54 Å². The number of hydrogen-bond donors (Lipinski definition) is 2. The first-order valence-corrected chi connectivity index (χ1v) is 19.1. The quantitative estimate of drug-likeness (QED) is 0.141. The minimum atomic E-state index is -0.189. The Bertz CT molecular complexity index is 1240. The highest BCUT2D eigenvalue weighted by Gasteiger charge is 2.64. The highest BCUT2D eigenvalue weighted by molar-refractivity contribution is 5.79. The van der Waals surface area contributed by atoms with Gasteiger partial charge in [0.1, 0.15) is 6.29 Å². The predicted molar refractivity (Wildman–Crippen MR) is 197 cm³/mol. The van der Waals surface area contributed by atoms with Crippen LogP contribution < -0.4 is 5.32 Å². The third-order valence-electron chi connectivity index (χ3n) is 13.7. The lowest BCUT2D eigenvalue weighted by atomic mass is 9.37. The molecule has 0 spiro atoms. The van der Waals surface area contributed by atoms with Crippen molar-refractivity contribution < 1.29 is 14.7 Å². The van der Waals surface area contributed by atoms with Crippen LogP contribution in [-0.2, 0) is 9.59 Å². The van der Waals surface area contributed by atoms with E-state index < -0.39 is 0 Å². The lowest BCUT2D eigenvalue weighted by Crippen LogP contribution is -2.62. The Morgan fingerprint density at radius 2 is 1.57 bits per heavy atom. The second-order valence-electron chi connectivity index (χ2n) is 16.8. The summed E-state index contributed by atoms with van der Waals surface area (Å²) in [6.07, 6.45) is 30.4. The first-order valence-electron chi connectivity index (χ1n) is 19.1. The Labute approximate surface area is 287 Å². The van der Waals surface area contributed by atoms with E-state index in [2.05, 4.69) is 65.1 Å². The Hall–Kier alpha value is -2.20. The normalized spacial score (nSPS) is 36.9. The monoisotopic (exact) mass is 646 g/mol. The van der Waals surface area contributed by atoms with Crippen LogP contribution in [0.2, 0.25) is 0 Å². The van der Waals surface area contributed by atoms with E-state index in [9.17, 15) is 14.7 Å². The van der Waals surface area contributed by atoms with Crippen LogP contribution in [0, 0.1) is 45.8 Å². The van der Waals surface area contributed by atoms with Gasteiger partial charge in [0.25, 0.3) is 0 Å². The second kappa shape index (κ2) is 16.5. The van der Waals surface area contributed by atoms with Gasteiger partial charge in [-0.1, -0.05) is 101 Å². The van der Waals surface area contributed by atoms with E-state index in [-0.39, 0.29) is 28.3 Å². The summed E-state index contributed by atoms with van der Waals surface area (Å²) in [6, 6.07) is 0. The molecule has 4 nitrogen and oxygen atoms in total. The van der Waals surface area contributed by atoms with Gasteiger partial charge in [0.15, 0.2) is 0 Å². The summed E-state index contributed by atoms with van der Waals surface area (Å²) in [5.74, 6) is 2.76. The van der Waals surface area contributed by atoms with Crippen LogP contribution in [-0.4, -0.2) is 29.9 Å². The highest BCUT2D eigenvalue weighted by Crippen LogP contribution is 2.70. The van der Waals surface area contributed by atoms with Gasteiger partial charge in [-0.3, -0.25) is 9.59 Å².